The van der Waals surface area contributed by atoms with Crippen LogP contribution in [0.2, 0.25) is 0 Å². The molecule has 16 heavy (non-hydrogen) atoms. The highest BCUT2D eigenvalue weighted by Gasteiger charge is 2.16. The Morgan fingerprint density at radius 1 is 1.69 bits per heavy atom. The van der Waals surface area contributed by atoms with Crippen molar-refractivity contribution in [2.75, 3.05) is 11.9 Å². The SMILES string of the molecule is C=C(Cl)CNc1cc(C)c(F)cc1[N+](=O)[O-]. The molecular formula is C10H10ClFN2O2. The number of rotatable bonds is 4. The first-order valence-corrected chi connectivity index (χ1v) is 4.81. The third-order valence-corrected chi connectivity index (χ3v) is 2.08. The Bertz CT molecular complexity index is 449. The fraction of sp³-hybridized carbons (Fsp3) is 0.200. The van der Waals surface area contributed by atoms with Gasteiger partial charge in [-0.3, -0.25) is 10.1 Å². The van der Waals surface area contributed by atoms with Crippen molar-refractivity contribution < 1.29 is 9.31 Å². The second-order valence-corrected chi connectivity index (χ2v) is 3.78. The molecule has 0 heterocycles. The van der Waals surface area contributed by atoms with E-state index >= 15 is 0 Å². The molecule has 6 heteroatoms. The van der Waals surface area contributed by atoms with E-state index in [1.54, 1.807) is 0 Å². The van der Waals surface area contributed by atoms with Crippen LogP contribution >= 0.6 is 11.6 Å². The van der Waals surface area contributed by atoms with Gasteiger partial charge in [0, 0.05) is 5.03 Å². The molecule has 1 aromatic carbocycles. The quantitative estimate of drug-likeness (QED) is 0.654. The van der Waals surface area contributed by atoms with E-state index in [0.29, 0.717) is 10.6 Å². The second kappa shape index (κ2) is 4.94. The van der Waals surface area contributed by atoms with Crippen molar-refractivity contribution >= 4 is 23.0 Å². The molecule has 0 atom stereocenters. The average molecular weight is 245 g/mol. The summed E-state index contributed by atoms with van der Waals surface area (Å²) in [6.07, 6.45) is 0. The van der Waals surface area contributed by atoms with Gasteiger partial charge in [-0.05, 0) is 18.6 Å². The lowest BCUT2D eigenvalue weighted by Gasteiger charge is -2.07. The molecule has 0 aliphatic heterocycles. The number of hydrogen-bond acceptors (Lipinski definition) is 3. The topological polar surface area (TPSA) is 55.2 Å². The predicted molar refractivity (Wildman–Crippen MR) is 61.3 cm³/mol. The van der Waals surface area contributed by atoms with Crippen LogP contribution < -0.4 is 5.32 Å². The van der Waals surface area contributed by atoms with Crippen LogP contribution in [0.5, 0.6) is 0 Å². The van der Waals surface area contributed by atoms with Gasteiger partial charge in [0.25, 0.3) is 5.69 Å². The van der Waals surface area contributed by atoms with Gasteiger partial charge in [0.2, 0.25) is 0 Å². The molecule has 1 N–H and O–H groups in total. The standard InChI is InChI=1S/C10H10ClFN2O2/c1-6-3-9(13-5-7(2)11)10(14(15)16)4-8(6)12/h3-4,13H,2,5H2,1H3. The van der Waals surface area contributed by atoms with Gasteiger partial charge in [0.05, 0.1) is 17.5 Å². The number of aryl methyl sites for hydroxylation is 1. The van der Waals surface area contributed by atoms with Gasteiger partial charge in [-0.2, -0.15) is 0 Å². The molecule has 0 fully saturated rings. The van der Waals surface area contributed by atoms with Crippen LogP contribution in [0.25, 0.3) is 0 Å². The lowest BCUT2D eigenvalue weighted by atomic mass is 10.2. The number of halogens is 2. The Labute approximate surface area is 96.9 Å². The first-order chi connectivity index (χ1) is 7.41. The van der Waals surface area contributed by atoms with Gasteiger partial charge in [-0.25, -0.2) is 4.39 Å². The maximum Gasteiger partial charge on any atom is 0.295 e. The summed E-state index contributed by atoms with van der Waals surface area (Å²) in [6, 6.07) is 2.25. The van der Waals surface area contributed by atoms with Gasteiger partial charge >= 0.3 is 0 Å². The predicted octanol–water partition coefficient (Wildman–Crippen LogP) is 3.21. The van der Waals surface area contributed by atoms with Crippen molar-refractivity contribution in [3.05, 3.63) is 45.2 Å². The molecule has 0 radical (unpaired) electrons. The Morgan fingerprint density at radius 2 is 2.31 bits per heavy atom. The highest BCUT2D eigenvalue weighted by atomic mass is 35.5. The molecule has 0 aromatic heterocycles. The minimum Gasteiger partial charge on any atom is -0.375 e. The number of nitro groups is 1. The Morgan fingerprint density at radius 3 is 2.81 bits per heavy atom. The van der Waals surface area contributed by atoms with Crippen molar-refractivity contribution in [2.24, 2.45) is 0 Å². The molecule has 0 aliphatic rings. The number of benzene rings is 1. The molecule has 86 valence electrons. The molecular weight excluding hydrogens is 235 g/mol. The van der Waals surface area contributed by atoms with E-state index in [0.717, 1.165) is 6.07 Å². The molecule has 1 rings (SSSR count). The van der Waals surface area contributed by atoms with E-state index in [1.165, 1.54) is 13.0 Å². The van der Waals surface area contributed by atoms with Gasteiger partial charge in [-0.15, -0.1) is 0 Å². The first kappa shape index (κ1) is 12.4. The summed E-state index contributed by atoms with van der Waals surface area (Å²) in [6.45, 7) is 5.16. The number of nitrogens with one attached hydrogen (secondary N) is 1. The Balaban J connectivity index is 3.09. The molecule has 0 saturated carbocycles. The number of anilines is 1. The van der Waals surface area contributed by atoms with E-state index in [9.17, 15) is 14.5 Å². The monoisotopic (exact) mass is 244 g/mol. The molecule has 0 saturated heterocycles. The van der Waals surface area contributed by atoms with Crippen LogP contribution in [0.1, 0.15) is 5.56 Å². The van der Waals surface area contributed by atoms with E-state index in [4.69, 9.17) is 11.6 Å². The number of hydrogen-bond donors (Lipinski definition) is 1. The summed E-state index contributed by atoms with van der Waals surface area (Å²) in [7, 11) is 0. The van der Waals surface area contributed by atoms with Crippen molar-refractivity contribution in [3.63, 3.8) is 0 Å². The van der Waals surface area contributed by atoms with E-state index < -0.39 is 10.7 Å². The van der Waals surface area contributed by atoms with Crippen LogP contribution in [0.3, 0.4) is 0 Å². The Kier molecular flexibility index (Phi) is 3.84. The zero-order chi connectivity index (χ0) is 12.3. The molecule has 0 spiro atoms. The van der Waals surface area contributed by atoms with Crippen LogP contribution in [-0.2, 0) is 0 Å². The molecule has 0 bridgehead atoms. The fourth-order valence-electron chi connectivity index (χ4n) is 1.15. The van der Waals surface area contributed by atoms with Gasteiger partial charge < -0.3 is 5.32 Å². The lowest BCUT2D eigenvalue weighted by Crippen LogP contribution is -2.05. The van der Waals surface area contributed by atoms with Crippen LogP contribution in [0.15, 0.2) is 23.7 Å². The maximum atomic E-state index is 13.1. The van der Waals surface area contributed by atoms with Crippen molar-refractivity contribution in [1.29, 1.82) is 0 Å². The third-order valence-electron chi connectivity index (χ3n) is 1.94. The lowest BCUT2D eigenvalue weighted by molar-refractivity contribution is -0.384. The minimum absolute atomic E-state index is 0.188. The van der Waals surface area contributed by atoms with Crippen molar-refractivity contribution in [2.45, 2.75) is 6.92 Å². The van der Waals surface area contributed by atoms with E-state index in [1.807, 2.05) is 0 Å². The van der Waals surface area contributed by atoms with Gasteiger partial charge in [0.1, 0.15) is 11.5 Å². The Hall–Kier alpha value is -1.62. The smallest absolute Gasteiger partial charge is 0.295 e. The zero-order valence-electron chi connectivity index (χ0n) is 8.59. The molecule has 0 unspecified atom stereocenters. The zero-order valence-corrected chi connectivity index (χ0v) is 9.34. The average Bonchev–Trinajstić information content (AvgIpc) is 2.18. The van der Waals surface area contributed by atoms with Gasteiger partial charge in [0.15, 0.2) is 0 Å². The largest absolute Gasteiger partial charge is 0.375 e. The van der Waals surface area contributed by atoms with Crippen LogP contribution in [0.4, 0.5) is 15.8 Å². The molecule has 4 nitrogen and oxygen atoms in total. The van der Waals surface area contributed by atoms with Crippen LogP contribution in [-0.4, -0.2) is 11.5 Å². The summed E-state index contributed by atoms with van der Waals surface area (Å²) in [5.74, 6) is -0.609. The van der Waals surface area contributed by atoms with E-state index in [-0.39, 0.29) is 17.9 Å². The molecule has 1 aromatic rings. The molecule has 0 aliphatic carbocycles. The van der Waals surface area contributed by atoms with Crippen molar-refractivity contribution in [3.8, 4) is 0 Å². The fourth-order valence-corrected chi connectivity index (χ4v) is 1.22. The summed E-state index contributed by atoms with van der Waals surface area (Å²) >= 11 is 5.53. The number of nitro benzene ring substituents is 1. The maximum absolute atomic E-state index is 13.1. The molecule has 0 amide bonds. The summed E-state index contributed by atoms with van der Waals surface area (Å²) in [4.78, 5) is 10.0. The van der Waals surface area contributed by atoms with E-state index in [2.05, 4.69) is 11.9 Å². The highest BCUT2D eigenvalue weighted by Crippen LogP contribution is 2.27. The highest BCUT2D eigenvalue weighted by molar-refractivity contribution is 6.29. The normalized spacial score (nSPS) is 9.94. The summed E-state index contributed by atoms with van der Waals surface area (Å²) < 4.78 is 13.1. The van der Waals surface area contributed by atoms with Crippen molar-refractivity contribution in [1.82, 2.24) is 0 Å². The minimum atomic E-state index is -0.651. The second-order valence-electron chi connectivity index (χ2n) is 3.25. The van der Waals surface area contributed by atoms with Crippen LogP contribution in [0, 0.1) is 22.9 Å². The third kappa shape index (κ3) is 2.93. The number of nitrogens with zero attached hydrogens (tertiary/aromatic N) is 1. The van der Waals surface area contributed by atoms with Gasteiger partial charge in [-0.1, -0.05) is 18.2 Å². The summed E-state index contributed by atoms with van der Waals surface area (Å²) in [5, 5.41) is 13.7. The summed E-state index contributed by atoms with van der Waals surface area (Å²) in [5.41, 5.74) is 0.236. The first-order valence-electron chi connectivity index (χ1n) is 4.43.